The van der Waals surface area contributed by atoms with Crippen LogP contribution in [0.25, 0.3) is 0 Å². The van der Waals surface area contributed by atoms with Gasteiger partial charge in [-0.1, -0.05) is 36.8 Å². The summed E-state index contributed by atoms with van der Waals surface area (Å²) in [6.07, 6.45) is 0.744. The molecule has 2 rings (SSSR count). The quantitative estimate of drug-likeness (QED) is 0.608. The van der Waals surface area contributed by atoms with Crippen LogP contribution < -0.4 is 10.6 Å². The van der Waals surface area contributed by atoms with Crippen LogP contribution in [0.1, 0.15) is 37.3 Å². The second kappa shape index (κ2) is 8.51. The van der Waals surface area contributed by atoms with Crippen LogP contribution in [0.4, 0.5) is 0 Å². The van der Waals surface area contributed by atoms with Crippen molar-refractivity contribution >= 4 is 15.8 Å². The number of sulfone groups is 1. The van der Waals surface area contributed by atoms with Crippen LogP contribution in [-0.4, -0.2) is 45.5 Å². The maximum Gasteiger partial charge on any atom is 0.191 e. The van der Waals surface area contributed by atoms with Crippen LogP contribution in [0.15, 0.2) is 29.3 Å². The lowest BCUT2D eigenvalue weighted by Crippen LogP contribution is -2.40. The topological polar surface area (TPSA) is 70.6 Å². The first-order valence-corrected chi connectivity index (χ1v) is 10.5. The molecule has 1 aromatic rings. The molecule has 1 aliphatic rings. The highest BCUT2D eigenvalue weighted by Gasteiger charge is 2.27. The molecule has 1 heterocycles. The molecule has 6 heteroatoms. The normalized spacial score (nSPS) is 21.5. The van der Waals surface area contributed by atoms with Crippen molar-refractivity contribution in [3.63, 3.8) is 0 Å². The van der Waals surface area contributed by atoms with Gasteiger partial charge in [-0.25, -0.2) is 8.42 Å². The Morgan fingerprint density at radius 2 is 2.17 bits per heavy atom. The molecule has 2 unspecified atom stereocenters. The number of nitrogens with zero attached hydrogens (tertiary/aromatic N) is 1. The number of guanidine groups is 1. The van der Waals surface area contributed by atoms with E-state index >= 15 is 0 Å². The van der Waals surface area contributed by atoms with Crippen molar-refractivity contribution < 1.29 is 8.42 Å². The van der Waals surface area contributed by atoms with Crippen LogP contribution >= 0.6 is 0 Å². The molecule has 0 spiro atoms. The zero-order valence-corrected chi connectivity index (χ0v) is 15.7. The SMILES string of the molecule is CCNC(=NCC(C)c1cccc(C)c1)NCC1CCS(=O)(=O)C1. The van der Waals surface area contributed by atoms with Gasteiger partial charge in [-0.05, 0) is 31.7 Å². The highest BCUT2D eigenvalue weighted by Crippen LogP contribution is 2.18. The number of aliphatic imine (C=N–C) groups is 1. The van der Waals surface area contributed by atoms with Crippen molar-refractivity contribution in [1.82, 2.24) is 10.6 Å². The number of benzene rings is 1. The maximum absolute atomic E-state index is 11.5. The molecule has 134 valence electrons. The molecule has 1 aromatic carbocycles. The summed E-state index contributed by atoms with van der Waals surface area (Å²) in [7, 11) is -2.82. The molecule has 2 atom stereocenters. The van der Waals surface area contributed by atoms with Crippen molar-refractivity contribution in [2.24, 2.45) is 10.9 Å². The van der Waals surface area contributed by atoms with E-state index in [0.29, 0.717) is 30.5 Å². The molecule has 1 fully saturated rings. The van der Waals surface area contributed by atoms with Crippen molar-refractivity contribution in [3.8, 4) is 0 Å². The maximum atomic E-state index is 11.5. The smallest absolute Gasteiger partial charge is 0.191 e. The zero-order valence-electron chi connectivity index (χ0n) is 14.9. The summed E-state index contributed by atoms with van der Waals surface area (Å²) in [5.74, 6) is 1.90. The molecule has 0 saturated carbocycles. The highest BCUT2D eigenvalue weighted by molar-refractivity contribution is 7.91. The van der Waals surface area contributed by atoms with Gasteiger partial charge in [-0.3, -0.25) is 4.99 Å². The van der Waals surface area contributed by atoms with E-state index in [-0.39, 0.29) is 5.92 Å². The standard InChI is InChI=1S/C18H29N3O2S/c1-4-19-18(21-12-16-8-9-24(22,23)13-16)20-11-15(3)17-7-5-6-14(2)10-17/h5-7,10,15-16H,4,8-9,11-13H2,1-3H3,(H2,19,20,21). The number of hydrogen-bond acceptors (Lipinski definition) is 3. The van der Waals surface area contributed by atoms with Crippen molar-refractivity contribution in [2.75, 3.05) is 31.1 Å². The Morgan fingerprint density at radius 3 is 2.79 bits per heavy atom. The number of hydrogen-bond donors (Lipinski definition) is 2. The fraction of sp³-hybridized carbons (Fsp3) is 0.611. The van der Waals surface area contributed by atoms with Gasteiger partial charge in [0, 0.05) is 25.6 Å². The molecule has 2 N–H and O–H groups in total. The average Bonchev–Trinajstić information content (AvgIpc) is 2.89. The summed E-state index contributed by atoms with van der Waals surface area (Å²) in [5.41, 5.74) is 2.55. The Balaban J connectivity index is 1.90. The molecular weight excluding hydrogens is 322 g/mol. The third-order valence-corrected chi connectivity index (χ3v) is 6.20. The van der Waals surface area contributed by atoms with Gasteiger partial charge < -0.3 is 10.6 Å². The van der Waals surface area contributed by atoms with Crippen molar-refractivity contribution in [2.45, 2.75) is 33.1 Å². The first-order valence-electron chi connectivity index (χ1n) is 8.69. The molecule has 0 aromatic heterocycles. The highest BCUT2D eigenvalue weighted by atomic mass is 32.2. The fourth-order valence-corrected chi connectivity index (χ4v) is 4.79. The summed E-state index contributed by atoms with van der Waals surface area (Å²) < 4.78 is 23.1. The Bertz CT molecular complexity index is 671. The number of aryl methyl sites for hydroxylation is 1. The summed E-state index contributed by atoms with van der Waals surface area (Å²) >= 11 is 0. The Labute approximate surface area is 145 Å². The van der Waals surface area contributed by atoms with E-state index in [4.69, 9.17) is 0 Å². The lowest BCUT2D eigenvalue weighted by atomic mass is 10.00. The third-order valence-electron chi connectivity index (χ3n) is 4.36. The van der Waals surface area contributed by atoms with Crippen molar-refractivity contribution in [1.29, 1.82) is 0 Å². The minimum absolute atomic E-state index is 0.188. The van der Waals surface area contributed by atoms with Crippen LogP contribution in [-0.2, 0) is 9.84 Å². The van der Waals surface area contributed by atoms with Gasteiger partial charge in [0.1, 0.15) is 0 Å². The van der Waals surface area contributed by atoms with Gasteiger partial charge in [0.05, 0.1) is 11.5 Å². The summed E-state index contributed by atoms with van der Waals surface area (Å²) in [6, 6.07) is 8.51. The Kier molecular flexibility index (Phi) is 6.66. The lowest BCUT2D eigenvalue weighted by Gasteiger charge is -2.16. The monoisotopic (exact) mass is 351 g/mol. The molecule has 0 amide bonds. The predicted molar refractivity (Wildman–Crippen MR) is 100 cm³/mol. The molecule has 1 saturated heterocycles. The Morgan fingerprint density at radius 1 is 1.38 bits per heavy atom. The van der Waals surface area contributed by atoms with Gasteiger partial charge in [0.15, 0.2) is 15.8 Å². The van der Waals surface area contributed by atoms with Crippen LogP contribution in [0.3, 0.4) is 0 Å². The van der Waals surface area contributed by atoms with E-state index in [1.165, 1.54) is 11.1 Å². The van der Waals surface area contributed by atoms with E-state index in [2.05, 4.69) is 53.7 Å². The van der Waals surface area contributed by atoms with Gasteiger partial charge in [-0.15, -0.1) is 0 Å². The first kappa shape index (κ1) is 18.8. The van der Waals surface area contributed by atoms with Gasteiger partial charge in [-0.2, -0.15) is 0 Å². The summed E-state index contributed by atoms with van der Waals surface area (Å²) in [6.45, 7) is 8.44. The lowest BCUT2D eigenvalue weighted by molar-refractivity contribution is 0.567. The average molecular weight is 352 g/mol. The second-order valence-corrected chi connectivity index (χ2v) is 8.91. The molecule has 1 aliphatic heterocycles. The molecule has 0 aliphatic carbocycles. The molecular formula is C18H29N3O2S. The predicted octanol–water partition coefficient (Wildman–Crippen LogP) is 2.09. The number of nitrogens with one attached hydrogen (secondary N) is 2. The van der Waals surface area contributed by atoms with Crippen LogP contribution in [0.5, 0.6) is 0 Å². The van der Waals surface area contributed by atoms with Gasteiger partial charge in [0.25, 0.3) is 0 Å². The van der Waals surface area contributed by atoms with Crippen LogP contribution in [0, 0.1) is 12.8 Å². The Hall–Kier alpha value is -1.56. The van der Waals surface area contributed by atoms with Gasteiger partial charge in [0.2, 0.25) is 0 Å². The first-order chi connectivity index (χ1) is 11.4. The van der Waals surface area contributed by atoms with E-state index in [0.717, 1.165) is 18.9 Å². The van der Waals surface area contributed by atoms with Crippen molar-refractivity contribution in [3.05, 3.63) is 35.4 Å². The molecule has 0 radical (unpaired) electrons. The minimum atomic E-state index is -2.82. The van der Waals surface area contributed by atoms with Gasteiger partial charge >= 0.3 is 0 Å². The molecule has 0 bridgehead atoms. The summed E-state index contributed by atoms with van der Waals surface area (Å²) in [5, 5.41) is 6.53. The van der Waals surface area contributed by atoms with E-state index in [9.17, 15) is 8.42 Å². The van der Waals surface area contributed by atoms with Crippen LogP contribution in [0.2, 0.25) is 0 Å². The summed E-state index contributed by atoms with van der Waals surface area (Å²) in [4.78, 5) is 4.66. The van der Waals surface area contributed by atoms with E-state index < -0.39 is 9.84 Å². The molecule has 24 heavy (non-hydrogen) atoms. The fourth-order valence-electron chi connectivity index (χ4n) is 2.93. The largest absolute Gasteiger partial charge is 0.357 e. The zero-order chi connectivity index (χ0) is 17.6. The van der Waals surface area contributed by atoms with E-state index in [1.807, 2.05) is 6.92 Å². The minimum Gasteiger partial charge on any atom is -0.357 e. The third kappa shape index (κ3) is 5.82. The molecule has 5 nitrogen and oxygen atoms in total. The number of rotatable bonds is 6. The second-order valence-electron chi connectivity index (χ2n) is 6.68. The van der Waals surface area contributed by atoms with E-state index in [1.54, 1.807) is 0 Å².